The van der Waals surface area contributed by atoms with E-state index in [-0.39, 0.29) is 0 Å². The van der Waals surface area contributed by atoms with E-state index in [0.717, 1.165) is 13.0 Å². The summed E-state index contributed by atoms with van der Waals surface area (Å²) >= 11 is 0. The first kappa shape index (κ1) is 13.2. The number of aryl methyl sites for hydroxylation is 2. The van der Waals surface area contributed by atoms with E-state index in [2.05, 4.69) is 45.0 Å². The number of hydrogen-bond donors (Lipinski definition) is 1. The van der Waals surface area contributed by atoms with Gasteiger partial charge in [0.15, 0.2) is 0 Å². The van der Waals surface area contributed by atoms with Crippen LogP contribution in [0.1, 0.15) is 37.7 Å². The second-order valence-electron chi connectivity index (χ2n) is 5.15. The molecule has 1 aromatic rings. The molecule has 0 aliphatic heterocycles. The van der Waals surface area contributed by atoms with Crippen molar-refractivity contribution in [3.05, 3.63) is 17.0 Å². The van der Waals surface area contributed by atoms with Crippen LogP contribution in [-0.2, 0) is 13.5 Å². The topological polar surface area (TPSA) is 29.9 Å². The third-order valence-electron chi connectivity index (χ3n) is 3.09. The highest BCUT2D eigenvalue weighted by atomic mass is 15.3. The molecule has 0 saturated heterocycles. The summed E-state index contributed by atoms with van der Waals surface area (Å²) in [5.41, 5.74) is 3.89. The zero-order valence-corrected chi connectivity index (χ0v) is 11.5. The summed E-state index contributed by atoms with van der Waals surface area (Å²) in [6.07, 6.45) is 1.12. The maximum Gasteiger partial charge on any atom is 0.0628 e. The molecule has 1 rings (SSSR count). The maximum atomic E-state index is 4.46. The number of nitrogens with zero attached hydrogens (tertiary/aromatic N) is 2. The van der Waals surface area contributed by atoms with Crippen molar-refractivity contribution in [3.8, 4) is 0 Å². The summed E-state index contributed by atoms with van der Waals surface area (Å²) < 4.78 is 1.98. The number of nitrogens with one attached hydrogen (secondary N) is 1. The van der Waals surface area contributed by atoms with Crippen molar-refractivity contribution in [2.45, 2.75) is 47.1 Å². The SMILES string of the molecule is Cc1nn(C)c(C)c1CC(C)CNC(C)C. The van der Waals surface area contributed by atoms with Crippen molar-refractivity contribution in [2.24, 2.45) is 13.0 Å². The fourth-order valence-corrected chi connectivity index (χ4v) is 1.97. The van der Waals surface area contributed by atoms with Crippen LogP contribution < -0.4 is 5.32 Å². The van der Waals surface area contributed by atoms with Gasteiger partial charge in [-0.05, 0) is 38.3 Å². The van der Waals surface area contributed by atoms with Crippen LogP contribution in [0.15, 0.2) is 0 Å². The molecule has 1 heterocycles. The highest BCUT2D eigenvalue weighted by Gasteiger charge is 2.12. The molecule has 0 amide bonds. The average molecular weight is 223 g/mol. The zero-order valence-electron chi connectivity index (χ0n) is 11.5. The Kier molecular flexibility index (Phi) is 4.54. The van der Waals surface area contributed by atoms with Gasteiger partial charge < -0.3 is 5.32 Å². The maximum absolute atomic E-state index is 4.46. The Bertz CT molecular complexity index is 339. The monoisotopic (exact) mass is 223 g/mol. The van der Waals surface area contributed by atoms with Crippen molar-refractivity contribution in [1.82, 2.24) is 15.1 Å². The van der Waals surface area contributed by atoms with Crippen LogP contribution in [0, 0.1) is 19.8 Å². The molecule has 3 nitrogen and oxygen atoms in total. The van der Waals surface area contributed by atoms with E-state index < -0.39 is 0 Å². The minimum Gasteiger partial charge on any atom is -0.314 e. The lowest BCUT2D eigenvalue weighted by Gasteiger charge is -2.15. The third-order valence-corrected chi connectivity index (χ3v) is 3.09. The molecular weight excluding hydrogens is 198 g/mol. The Balaban J connectivity index is 2.59. The van der Waals surface area contributed by atoms with E-state index in [0.29, 0.717) is 12.0 Å². The standard InChI is InChI=1S/C13H25N3/c1-9(2)14-8-10(3)7-13-11(4)15-16(6)12(13)5/h9-10,14H,7-8H2,1-6H3. The second-order valence-corrected chi connectivity index (χ2v) is 5.15. The largest absolute Gasteiger partial charge is 0.314 e. The molecule has 0 aliphatic rings. The van der Waals surface area contributed by atoms with Crippen LogP contribution in [-0.4, -0.2) is 22.4 Å². The summed E-state index contributed by atoms with van der Waals surface area (Å²) in [5.74, 6) is 0.656. The Morgan fingerprint density at radius 1 is 1.25 bits per heavy atom. The van der Waals surface area contributed by atoms with Crippen LogP contribution in [0.5, 0.6) is 0 Å². The van der Waals surface area contributed by atoms with Gasteiger partial charge in [-0.25, -0.2) is 0 Å². The van der Waals surface area contributed by atoms with Gasteiger partial charge in [-0.3, -0.25) is 4.68 Å². The van der Waals surface area contributed by atoms with E-state index in [1.807, 2.05) is 11.7 Å². The lowest BCUT2D eigenvalue weighted by Crippen LogP contribution is -2.28. The average Bonchev–Trinajstić information content (AvgIpc) is 2.42. The molecule has 0 aliphatic carbocycles. The first-order chi connectivity index (χ1) is 7.41. The number of rotatable bonds is 5. The van der Waals surface area contributed by atoms with Gasteiger partial charge in [0.05, 0.1) is 5.69 Å². The summed E-state index contributed by atoms with van der Waals surface area (Å²) in [6, 6.07) is 0.568. The predicted molar refractivity (Wildman–Crippen MR) is 68.7 cm³/mol. The Labute approximate surface area is 99.2 Å². The molecule has 1 atom stereocenters. The van der Waals surface area contributed by atoms with Crippen LogP contribution in [0.25, 0.3) is 0 Å². The Morgan fingerprint density at radius 2 is 1.88 bits per heavy atom. The predicted octanol–water partition coefficient (Wildman–Crippen LogP) is 2.21. The molecule has 16 heavy (non-hydrogen) atoms. The summed E-state index contributed by atoms with van der Waals surface area (Å²) in [7, 11) is 2.02. The molecule has 3 heteroatoms. The van der Waals surface area contributed by atoms with Gasteiger partial charge in [-0.15, -0.1) is 0 Å². The van der Waals surface area contributed by atoms with Gasteiger partial charge >= 0.3 is 0 Å². The van der Waals surface area contributed by atoms with Crippen LogP contribution in [0.2, 0.25) is 0 Å². The van der Waals surface area contributed by atoms with E-state index in [4.69, 9.17) is 0 Å². The normalized spacial score (nSPS) is 13.4. The minimum atomic E-state index is 0.568. The molecule has 0 bridgehead atoms. The van der Waals surface area contributed by atoms with Gasteiger partial charge in [0.2, 0.25) is 0 Å². The molecule has 92 valence electrons. The quantitative estimate of drug-likeness (QED) is 0.829. The third kappa shape index (κ3) is 3.34. The molecule has 1 aromatic heterocycles. The first-order valence-electron chi connectivity index (χ1n) is 6.14. The van der Waals surface area contributed by atoms with Gasteiger partial charge in [0, 0.05) is 18.8 Å². The van der Waals surface area contributed by atoms with Gasteiger partial charge in [0.25, 0.3) is 0 Å². The van der Waals surface area contributed by atoms with Gasteiger partial charge in [-0.2, -0.15) is 5.10 Å². The summed E-state index contributed by atoms with van der Waals surface area (Å²) in [6.45, 7) is 12.0. The van der Waals surface area contributed by atoms with E-state index >= 15 is 0 Å². The molecule has 0 radical (unpaired) electrons. The van der Waals surface area contributed by atoms with Crippen molar-refractivity contribution >= 4 is 0 Å². The Hall–Kier alpha value is -0.830. The molecule has 0 aromatic carbocycles. The smallest absolute Gasteiger partial charge is 0.0628 e. The molecule has 0 spiro atoms. The van der Waals surface area contributed by atoms with E-state index in [1.54, 1.807) is 0 Å². The van der Waals surface area contributed by atoms with Crippen molar-refractivity contribution in [2.75, 3.05) is 6.54 Å². The second kappa shape index (κ2) is 5.48. The number of hydrogen-bond acceptors (Lipinski definition) is 2. The zero-order chi connectivity index (χ0) is 12.3. The highest BCUT2D eigenvalue weighted by Crippen LogP contribution is 2.16. The molecule has 1 unspecified atom stereocenters. The summed E-state index contributed by atoms with van der Waals surface area (Å²) in [4.78, 5) is 0. The highest BCUT2D eigenvalue weighted by molar-refractivity contribution is 5.24. The van der Waals surface area contributed by atoms with Crippen LogP contribution in [0.3, 0.4) is 0 Å². The van der Waals surface area contributed by atoms with Gasteiger partial charge in [-0.1, -0.05) is 20.8 Å². The molecule has 0 saturated carbocycles. The van der Waals surface area contributed by atoms with E-state index in [1.165, 1.54) is 17.0 Å². The lowest BCUT2D eigenvalue weighted by atomic mass is 9.99. The molecule has 1 N–H and O–H groups in total. The number of aromatic nitrogens is 2. The van der Waals surface area contributed by atoms with Crippen molar-refractivity contribution in [3.63, 3.8) is 0 Å². The minimum absolute atomic E-state index is 0.568. The fourth-order valence-electron chi connectivity index (χ4n) is 1.97. The van der Waals surface area contributed by atoms with Crippen molar-refractivity contribution < 1.29 is 0 Å². The molecular formula is C13H25N3. The van der Waals surface area contributed by atoms with Crippen LogP contribution in [0.4, 0.5) is 0 Å². The van der Waals surface area contributed by atoms with Crippen LogP contribution >= 0.6 is 0 Å². The van der Waals surface area contributed by atoms with Gasteiger partial charge in [0.1, 0.15) is 0 Å². The molecule has 0 fully saturated rings. The lowest BCUT2D eigenvalue weighted by molar-refractivity contribution is 0.474. The fraction of sp³-hybridized carbons (Fsp3) is 0.769. The Morgan fingerprint density at radius 3 is 2.31 bits per heavy atom. The summed E-state index contributed by atoms with van der Waals surface area (Å²) in [5, 5.41) is 7.94. The first-order valence-corrected chi connectivity index (χ1v) is 6.14. The van der Waals surface area contributed by atoms with E-state index in [9.17, 15) is 0 Å². The van der Waals surface area contributed by atoms with Crippen molar-refractivity contribution in [1.29, 1.82) is 0 Å².